The summed E-state index contributed by atoms with van der Waals surface area (Å²) >= 11 is 6.03. The lowest BCUT2D eigenvalue weighted by Gasteiger charge is -2.24. The molecule has 11 nitrogen and oxygen atoms in total. The van der Waals surface area contributed by atoms with Gasteiger partial charge in [0.2, 0.25) is 15.8 Å². The van der Waals surface area contributed by atoms with Crippen LogP contribution in [0.15, 0.2) is 95.9 Å². The van der Waals surface area contributed by atoms with E-state index in [2.05, 4.69) is 20.6 Å². The van der Waals surface area contributed by atoms with E-state index in [4.69, 9.17) is 26.1 Å². The Hall–Kier alpha value is -4.04. The van der Waals surface area contributed by atoms with Gasteiger partial charge in [-0.2, -0.15) is 18.3 Å². The number of para-hydroxylation sites is 1. The van der Waals surface area contributed by atoms with Gasteiger partial charge in [-0.15, -0.1) is 10.2 Å². The van der Waals surface area contributed by atoms with Crippen molar-refractivity contribution < 1.29 is 36.3 Å². The second-order valence-corrected chi connectivity index (χ2v) is 13.8. The molecule has 0 spiro atoms. The molecule has 0 fully saturated rings. The molecule has 45 heavy (non-hydrogen) atoms. The Morgan fingerprint density at radius 1 is 0.911 bits per heavy atom. The quantitative estimate of drug-likeness (QED) is 0.147. The lowest BCUT2D eigenvalue weighted by atomic mass is 10.0. The van der Waals surface area contributed by atoms with Gasteiger partial charge in [-0.1, -0.05) is 84.4 Å². The monoisotopic (exact) mass is 675 g/mol. The molecule has 0 aliphatic carbocycles. The molecule has 0 radical (unpaired) electrons. The Morgan fingerprint density at radius 2 is 1.49 bits per heavy atom. The van der Waals surface area contributed by atoms with Gasteiger partial charge in [0.15, 0.2) is 0 Å². The SMILES string of the molecule is COc1ccccc1S(=O)(=O)N(Cc1ccc(-c2ccc(-c3nn[nH]n3)cc2)cc1)Cc1ccc(C(F)(F)P(=O)(O)O)c(Cl)c1. The number of halogens is 3. The van der Waals surface area contributed by atoms with Crippen LogP contribution in [0.25, 0.3) is 22.5 Å². The maximum Gasteiger partial charge on any atom is 0.399 e. The minimum Gasteiger partial charge on any atom is -0.495 e. The van der Waals surface area contributed by atoms with Gasteiger partial charge in [-0.05, 0) is 45.7 Å². The first-order valence-electron chi connectivity index (χ1n) is 13.1. The second kappa shape index (κ2) is 12.8. The molecule has 234 valence electrons. The molecular weight excluding hydrogens is 651 g/mol. The Morgan fingerprint density at radius 3 is 2.07 bits per heavy atom. The summed E-state index contributed by atoms with van der Waals surface area (Å²) in [6.45, 7) is -0.420. The van der Waals surface area contributed by atoms with Crippen LogP contribution in [-0.4, -0.2) is 50.2 Å². The van der Waals surface area contributed by atoms with E-state index in [-0.39, 0.29) is 29.3 Å². The highest BCUT2D eigenvalue weighted by molar-refractivity contribution is 7.89. The van der Waals surface area contributed by atoms with E-state index in [1.165, 1.54) is 19.2 Å². The number of hydrogen-bond donors (Lipinski definition) is 3. The summed E-state index contributed by atoms with van der Waals surface area (Å²) in [6, 6.07) is 23.7. The van der Waals surface area contributed by atoms with Crippen molar-refractivity contribution in [2.24, 2.45) is 0 Å². The number of aromatic amines is 1. The van der Waals surface area contributed by atoms with Gasteiger partial charge in [-0.3, -0.25) is 4.57 Å². The number of benzene rings is 4. The Balaban J connectivity index is 1.45. The fraction of sp³-hybridized carbons (Fsp3) is 0.138. The molecule has 0 bridgehead atoms. The first kappa shape index (κ1) is 32.4. The molecule has 0 saturated carbocycles. The molecule has 1 aromatic heterocycles. The highest BCUT2D eigenvalue weighted by Crippen LogP contribution is 2.60. The van der Waals surface area contributed by atoms with Crippen molar-refractivity contribution in [3.05, 3.63) is 113 Å². The average Bonchev–Trinajstić information content (AvgIpc) is 3.56. The molecule has 0 unspecified atom stereocenters. The van der Waals surface area contributed by atoms with Crippen LogP contribution in [0.5, 0.6) is 5.75 Å². The summed E-state index contributed by atoms with van der Waals surface area (Å²) in [5.41, 5.74) is -2.22. The van der Waals surface area contributed by atoms with Crippen LogP contribution in [0, 0.1) is 0 Å². The number of hydrogen-bond acceptors (Lipinski definition) is 7. The van der Waals surface area contributed by atoms with Gasteiger partial charge in [-0.25, -0.2) is 8.42 Å². The Labute approximate surface area is 261 Å². The summed E-state index contributed by atoms with van der Waals surface area (Å²) in [4.78, 5) is 18.1. The van der Waals surface area contributed by atoms with Gasteiger partial charge in [0.1, 0.15) is 10.6 Å². The van der Waals surface area contributed by atoms with E-state index in [0.717, 1.165) is 39.2 Å². The number of rotatable bonds is 11. The van der Waals surface area contributed by atoms with Crippen molar-refractivity contribution in [1.29, 1.82) is 0 Å². The number of methoxy groups -OCH3 is 1. The number of ether oxygens (including phenoxy) is 1. The lowest BCUT2D eigenvalue weighted by Crippen LogP contribution is -2.30. The molecule has 0 saturated heterocycles. The summed E-state index contributed by atoms with van der Waals surface area (Å²) in [6.07, 6.45) is 0. The number of sulfonamides is 1. The maximum absolute atomic E-state index is 14.4. The van der Waals surface area contributed by atoms with Crippen molar-refractivity contribution in [1.82, 2.24) is 24.9 Å². The second-order valence-electron chi connectivity index (χ2n) is 9.83. The Kier molecular flexibility index (Phi) is 9.17. The van der Waals surface area contributed by atoms with E-state index < -0.39 is 33.9 Å². The molecular formula is C29H25ClF2N5O6PS. The van der Waals surface area contributed by atoms with Crippen LogP contribution >= 0.6 is 19.2 Å². The molecule has 5 aromatic rings. The first-order chi connectivity index (χ1) is 21.3. The number of nitrogens with zero attached hydrogens (tertiary/aromatic N) is 4. The maximum atomic E-state index is 14.4. The smallest absolute Gasteiger partial charge is 0.399 e. The molecule has 1 heterocycles. The predicted octanol–water partition coefficient (Wildman–Crippen LogP) is 5.81. The zero-order valence-corrected chi connectivity index (χ0v) is 25.8. The lowest BCUT2D eigenvalue weighted by molar-refractivity contribution is 0.0565. The number of alkyl halides is 2. The van der Waals surface area contributed by atoms with Crippen molar-refractivity contribution in [2.75, 3.05) is 7.11 Å². The van der Waals surface area contributed by atoms with Crippen LogP contribution in [0.3, 0.4) is 0 Å². The van der Waals surface area contributed by atoms with Crippen LogP contribution < -0.4 is 4.74 Å². The highest BCUT2D eigenvalue weighted by Gasteiger charge is 2.51. The number of H-pyrrole nitrogens is 1. The van der Waals surface area contributed by atoms with Gasteiger partial charge in [0.25, 0.3) is 0 Å². The van der Waals surface area contributed by atoms with Crippen molar-refractivity contribution >= 4 is 29.2 Å². The fourth-order valence-corrected chi connectivity index (χ4v) is 7.03. The average molecular weight is 676 g/mol. The third-order valence-corrected chi connectivity index (χ3v) is 10.0. The van der Waals surface area contributed by atoms with Crippen molar-refractivity contribution in [3.63, 3.8) is 0 Å². The highest BCUT2D eigenvalue weighted by atomic mass is 35.5. The zero-order valence-electron chi connectivity index (χ0n) is 23.4. The van der Waals surface area contributed by atoms with E-state index in [1.807, 2.05) is 36.4 Å². The largest absolute Gasteiger partial charge is 0.495 e. The van der Waals surface area contributed by atoms with Crippen LogP contribution in [0.1, 0.15) is 16.7 Å². The van der Waals surface area contributed by atoms with Gasteiger partial charge < -0.3 is 14.5 Å². The predicted molar refractivity (Wildman–Crippen MR) is 162 cm³/mol. The number of tetrazole rings is 1. The summed E-state index contributed by atoms with van der Waals surface area (Å²) in [5, 5.41) is 13.3. The van der Waals surface area contributed by atoms with Crippen molar-refractivity contribution in [2.45, 2.75) is 23.6 Å². The molecule has 3 N–H and O–H groups in total. The molecule has 0 atom stereocenters. The van der Waals surface area contributed by atoms with Crippen molar-refractivity contribution in [3.8, 4) is 28.3 Å². The summed E-state index contributed by atoms with van der Waals surface area (Å²) in [7, 11) is -8.76. The van der Waals surface area contributed by atoms with E-state index in [1.54, 1.807) is 24.3 Å². The standard InChI is InChI=1S/C29H25ClF2N5O6PS/c1-43-26-4-2-3-5-27(26)45(41,42)37(18-20-8-15-24(25(30)16-20)29(31,32)44(38,39)40)17-19-6-9-21(10-7-19)22-11-13-23(14-12-22)28-33-35-36-34-28/h2-16H,17-18H2,1H3,(H2,38,39,40)(H,33,34,35,36). The summed E-state index contributed by atoms with van der Waals surface area (Å²) < 4.78 is 74.4. The molecule has 0 aliphatic rings. The van der Waals surface area contributed by atoms with E-state index in [0.29, 0.717) is 11.4 Å². The van der Waals surface area contributed by atoms with E-state index >= 15 is 0 Å². The molecule has 16 heteroatoms. The fourth-order valence-electron chi connectivity index (χ4n) is 4.56. The minimum atomic E-state index is -5.87. The van der Waals surface area contributed by atoms with E-state index in [9.17, 15) is 21.8 Å². The third kappa shape index (κ3) is 6.81. The van der Waals surface area contributed by atoms with Crippen LogP contribution in [0.4, 0.5) is 8.78 Å². The first-order valence-corrected chi connectivity index (χ1v) is 16.5. The molecule has 0 aliphatic heterocycles. The number of aromatic nitrogens is 4. The molecule has 4 aromatic carbocycles. The normalized spacial score (nSPS) is 12.4. The Bertz CT molecular complexity index is 1960. The number of nitrogens with one attached hydrogen (secondary N) is 1. The van der Waals surface area contributed by atoms with Gasteiger partial charge in [0, 0.05) is 18.7 Å². The molecule has 0 amide bonds. The molecule has 5 rings (SSSR count). The third-order valence-electron chi connectivity index (χ3n) is 6.90. The topological polar surface area (TPSA) is 159 Å². The summed E-state index contributed by atoms with van der Waals surface area (Å²) in [5.74, 6) is 0.566. The van der Waals surface area contributed by atoms with Gasteiger partial charge in [0.05, 0.1) is 17.7 Å². The van der Waals surface area contributed by atoms with Gasteiger partial charge >= 0.3 is 13.3 Å². The van der Waals surface area contributed by atoms with Crippen LogP contribution in [0.2, 0.25) is 5.02 Å². The zero-order chi connectivity index (χ0) is 32.4. The van der Waals surface area contributed by atoms with Crippen LogP contribution in [-0.2, 0) is 33.3 Å². The minimum absolute atomic E-state index is 0.108.